The summed E-state index contributed by atoms with van der Waals surface area (Å²) in [5.74, 6) is 0.335. The molecule has 2 aromatic rings. The van der Waals surface area contributed by atoms with E-state index in [9.17, 15) is 13.2 Å². The van der Waals surface area contributed by atoms with Gasteiger partial charge in [-0.2, -0.15) is 13.2 Å². The van der Waals surface area contributed by atoms with Crippen LogP contribution in [0.25, 0.3) is 10.9 Å². The predicted octanol–water partition coefficient (Wildman–Crippen LogP) is 3.49. The molecular formula is C13H12F3NO2. The number of nitrogens with zero attached hydrogens (tertiary/aromatic N) is 1. The van der Waals surface area contributed by atoms with Crippen LogP contribution in [0.1, 0.15) is 5.56 Å². The lowest BCUT2D eigenvalue weighted by Gasteiger charge is -2.12. The second-order valence-corrected chi connectivity index (χ2v) is 4.04. The maximum absolute atomic E-state index is 12.1. The van der Waals surface area contributed by atoms with E-state index in [1.54, 1.807) is 6.07 Å². The molecule has 0 amide bonds. The molecule has 0 bridgehead atoms. The van der Waals surface area contributed by atoms with Crippen LogP contribution in [0.3, 0.4) is 0 Å². The summed E-state index contributed by atoms with van der Waals surface area (Å²) in [6.45, 7) is 0.447. The molecule has 0 aliphatic carbocycles. The number of pyridine rings is 1. The third kappa shape index (κ3) is 3.07. The topological polar surface area (TPSA) is 31.4 Å². The molecule has 0 spiro atoms. The molecule has 0 saturated heterocycles. The van der Waals surface area contributed by atoms with E-state index >= 15 is 0 Å². The summed E-state index contributed by atoms with van der Waals surface area (Å²) in [6, 6.07) is 6.80. The van der Waals surface area contributed by atoms with Gasteiger partial charge in [0.15, 0.2) is 6.61 Å². The zero-order chi connectivity index (χ0) is 14.0. The van der Waals surface area contributed by atoms with Gasteiger partial charge in [-0.25, -0.2) is 4.98 Å². The molecule has 1 aromatic heterocycles. The van der Waals surface area contributed by atoms with E-state index in [0.29, 0.717) is 11.3 Å². The Kier molecular flexibility index (Phi) is 3.50. The molecule has 102 valence electrons. The van der Waals surface area contributed by atoms with E-state index in [-0.39, 0.29) is 5.88 Å². The van der Waals surface area contributed by atoms with Crippen LogP contribution < -0.4 is 9.47 Å². The summed E-state index contributed by atoms with van der Waals surface area (Å²) in [7, 11) is 1.45. The van der Waals surface area contributed by atoms with Crippen LogP contribution in [0, 0.1) is 6.92 Å². The molecule has 0 aliphatic heterocycles. The van der Waals surface area contributed by atoms with E-state index in [2.05, 4.69) is 9.72 Å². The number of alkyl halides is 3. The fraction of sp³-hybridized carbons (Fsp3) is 0.308. The number of methoxy groups -OCH3 is 1. The molecule has 2 rings (SSSR count). The summed E-state index contributed by atoms with van der Waals surface area (Å²) in [5.41, 5.74) is 1.41. The molecule has 0 atom stereocenters. The number of hydrogen-bond donors (Lipinski definition) is 0. The fourth-order valence-electron chi connectivity index (χ4n) is 1.74. The van der Waals surface area contributed by atoms with Crippen LogP contribution in [0.15, 0.2) is 24.3 Å². The van der Waals surface area contributed by atoms with Crippen molar-refractivity contribution < 1.29 is 22.6 Å². The predicted molar refractivity (Wildman–Crippen MR) is 64.6 cm³/mol. The fourth-order valence-corrected chi connectivity index (χ4v) is 1.74. The van der Waals surface area contributed by atoms with Crippen LogP contribution in [-0.4, -0.2) is 24.9 Å². The van der Waals surface area contributed by atoms with Crippen LogP contribution >= 0.6 is 0 Å². The van der Waals surface area contributed by atoms with Crippen LogP contribution in [0.5, 0.6) is 11.6 Å². The molecule has 19 heavy (non-hydrogen) atoms. The van der Waals surface area contributed by atoms with Crippen molar-refractivity contribution in [1.29, 1.82) is 0 Å². The maximum Gasteiger partial charge on any atom is 0.422 e. The quantitative estimate of drug-likeness (QED) is 0.856. The van der Waals surface area contributed by atoms with Gasteiger partial charge in [0.25, 0.3) is 0 Å². The summed E-state index contributed by atoms with van der Waals surface area (Å²) in [5, 5.41) is 0.738. The molecule has 0 fully saturated rings. The number of ether oxygens (including phenoxy) is 2. The second kappa shape index (κ2) is 4.95. The van der Waals surface area contributed by atoms with Gasteiger partial charge >= 0.3 is 6.18 Å². The Balaban J connectivity index is 2.44. The molecule has 3 nitrogen and oxygen atoms in total. The normalized spacial score (nSPS) is 11.6. The molecule has 6 heteroatoms. The van der Waals surface area contributed by atoms with Gasteiger partial charge in [-0.15, -0.1) is 0 Å². The van der Waals surface area contributed by atoms with E-state index in [0.717, 1.165) is 10.9 Å². The SMILES string of the molecule is COc1cc(OCC(F)(F)F)nc2c(C)cccc12. The average Bonchev–Trinajstić information content (AvgIpc) is 2.35. The highest BCUT2D eigenvalue weighted by atomic mass is 19.4. The lowest BCUT2D eigenvalue weighted by molar-refractivity contribution is -0.154. The number of fused-ring (bicyclic) bond motifs is 1. The first-order valence-electron chi connectivity index (χ1n) is 5.54. The number of halogens is 3. The van der Waals surface area contributed by atoms with Gasteiger partial charge < -0.3 is 9.47 Å². The Morgan fingerprint density at radius 1 is 1.26 bits per heavy atom. The van der Waals surface area contributed by atoms with Gasteiger partial charge in [0.1, 0.15) is 5.75 Å². The van der Waals surface area contributed by atoms with E-state index in [1.807, 2.05) is 19.1 Å². The smallest absolute Gasteiger partial charge is 0.422 e. The highest BCUT2D eigenvalue weighted by Gasteiger charge is 2.28. The van der Waals surface area contributed by atoms with Crippen molar-refractivity contribution >= 4 is 10.9 Å². The first kappa shape index (κ1) is 13.5. The largest absolute Gasteiger partial charge is 0.496 e. The highest BCUT2D eigenvalue weighted by molar-refractivity contribution is 5.88. The Hall–Kier alpha value is -1.98. The molecular weight excluding hydrogens is 259 g/mol. The van der Waals surface area contributed by atoms with E-state index in [1.165, 1.54) is 13.2 Å². The second-order valence-electron chi connectivity index (χ2n) is 4.04. The van der Waals surface area contributed by atoms with Crippen molar-refractivity contribution in [3.8, 4) is 11.6 Å². The minimum atomic E-state index is -4.39. The zero-order valence-corrected chi connectivity index (χ0v) is 10.4. The summed E-state index contributed by atoms with van der Waals surface area (Å²) < 4.78 is 46.2. The number of benzene rings is 1. The molecule has 1 heterocycles. The van der Waals surface area contributed by atoms with Crippen molar-refractivity contribution in [3.63, 3.8) is 0 Å². The van der Waals surface area contributed by atoms with Gasteiger partial charge in [0.05, 0.1) is 12.6 Å². The summed E-state index contributed by atoms with van der Waals surface area (Å²) in [4.78, 5) is 4.08. The average molecular weight is 271 g/mol. The van der Waals surface area contributed by atoms with E-state index < -0.39 is 12.8 Å². The number of rotatable bonds is 3. The minimum absolute atomic E-state index is 0.101. The van der Waals surface area contributed by atoms with Gasteiger partial charge in [-0.1, -0.05) is 12.1 Å². The lowest BCUT2D eigenvalue weighted by atomic mass is 10.1. The van der Waals surface area contributed by atoms with Crippen LogP contribution in [0.4, 0.5) is 13.2 Å². The van der Waals surface area contributed by atoms with Gasteiger partial charge in [0, 0.05) is 11.5 Å². The number of hydrogen-bond acceptors (Lipinski definition) is 3. The third-order valence-electron chi connectivity index (χ3n) is 2.58. The standard InChI is InChI=1S/C13H12F3NO2/c1-8-4-3-5-9-10(18-2)6-11(17-12(8)9)19-7-13(14,15)16/h3-6H,7H2,1-2H3. The molecule has 0 saturated carbocycles. The lowest BCUT2D eigenvalue weighted by Crippen LogP contribution is -2.19. The maximum atomic E-state index is 12.1. The Labute approximate surface area is 108 Å². The molecule has 0 N–H and O–H groups in total. The Bertz CT molecular complexity index is 596. The first-order chi connectivity index (χ1) is 8.90. The Morgan fingerprint density at radius 3 is 2.63 bits per heavy atom. The summed E-state index contributed by atoms with van der Waals surface area (Å²) >= 11 is 0. The molecule has 1 aromatic carbocycles. The van der Waals surface area contributed by atoms with Gasteiger partial charge in [-0.05, 0) is 18.6 Å². The van der Waals surface area contributed by atoms with Crippen molar-refractivity contribution in [2.75, 3.05) is 13.7 Å². The molecule has 0 unspecified atom stereocenters. The first-order valence-corrected chi connectivity index (χ1v) is 5.54. The molecule has 0 radical (unpaired) electrons. The number of aryl methyl sites for hydroxylation is 1. The van der Waals surface area contributed by atoms with Crippen molar-refractivity contribution in [2.45, 2.75) is 13.1 Å². The van der Waals surface area contributed by atoms with Gasteiger partial charge in [-0.3, -0.25) is 0 Å². The van der Waals surface area contributed by atoms with Crippen molar-refractivity contribution in [1.82, 2.24) is 4.98 Å². The van der Waals surface area contributed by atoms with Crippen LogP contribution in [-0.2, 0) is 0 Å². The third-order valence-corrected chi connectivity index (χ3v) is 2.58. The zero-order valence-electron chi connectivity index (χ0n) is 10.4. The summed E-state index contributed by atoms with van der Waals surface area (Å²) in [6.07, 6.45) is -4.39. The van der Waals surface area contributed by atoms with E-state index in [4.69, 9.17) is 4.74 Å². The molecule has 0 aliphatic rings. The van der Waals surface area contributed by atoms with Crippen molar-refractivity contribution in [2.24, 2.45) is 0 Å². The number of para-hydroxylation sites is 1. The Morgan fingerprint density at radius 2 is 2.00 bits per heavy atom. The monoisotopic (exact) mass is 271 g/mol. The number of aromatic nitrogens is 1. The van der Waals surface area contributed by atoms with Crippen molar-refractivity contribution in [3.05, 3.63) is 29.8 Å². The highest BCUT2D eigenvalue weighted by Crippen LogP contribution is 2.30. The minimum Gasteiger partial charge on any atom is -0.496 e. The van der Waals surface area contributed by atoms with Crippen LogP contribution in [0.2, 0.25) is 0 Å². The van der Waals surface area contributed by atoms with Gasteiger partial charge in [0.2, 0.25) is 5.88 Å².